The first-order chi connectivity index (χ1) is 9.85. The molecule has 124 valence electrons. The SMILES string of the molecule is COC(CNC(C)=O)OC(CO)C(O)C(C)OC(=O)CS. The number of hydrogen-bond acceptors (Lipinski definition) is 8. The fourth-order valence-electron chi connectivity index (χ4n) is 1.46. The van der Waals surface area contributed by atoms with Crippen LogP contribution in [0.4, 0.5) is 0 Å². The lowest BCUT2D eigenvalue weighted by atomic mass is 10.1. The van der Waals surface area contributed by atoms with Crippen molar-refractivity contribution < 1.29 is 34.0 Å². The van der Waals surface area contributed by atoms with E-state index in [0.717, 1.165) is 0 Å². The summed E-state index contributed by atoms with van der Waals surface area (Å²) in [5.74, 6) is -0.980. The number of carbonyl (C=O) groups excluding carboxylic acids is 2. The number of carbonyl (C=O) groups is 2. The van der Waals surface area contributed by atoms with Crippen LogP contribution in [0.1, 0.15) is 13.8 Å². The zero-order valence-corrected chi connectivity index (χ0v) is 13.2. The highest BCUT2D eigenvalue weighted by Crippen LogP contribution is 2.11. The predicted molar refractivity (Wildman–Crippen MR) is 76.9 cm³/mol. The maximum atomic E-state index is 11.1. The van der Waals surface area contributed by atoms with Crippen LogP contribution in [0.2, 0.25) is 0 Å². The molecule has 0 saturated carbocycles. The van der Waals surface area contributed by atoms with Gasteiger partial charge in [0, 0.05) is 14.0 Å². The Hall–Kier alpha value is -0.870. The second-order valence-electron chi connectivity index (χ2n) is 4.30. The number of rotatable bonds is 10. The first-order valence-corrected chi connectivity index (χ1v) is 7.00. The third-order valence-electron chi connectivity index (χ3n) is 2.60. The lowest BCUT2D eigenvalue weighted by Crippen LogP contribution is -2.46. The molecule has 0 heterocycles. The monoisotopic (exact) mass is 325 g/mol. The quantitative estimate of drug-likeness (QED) is 0.224. The van der Waals surface area contributed by atoms with Gasteiger partial charge >= 0.3 is 5.97 Å². The van der Waals surface area contributed by atoms with E-state index >= 15 is 0 Å². The van der Waals surface area contributed by atoms with Gasteiger partial charge in [0.15, 0.2) is 6.29 Å². The molecular weight excluding hydrogens is 302 g/mol. The van der Waals surface area contributed by atoms with Gasteiger partial charge < -0.3 is 29.7 Å². The minimum absolute atomic E-state index is 0.0554. The number of amides is 1. The maximum Gasteiger partial charge on any atom is 0.315 e. The van der Waals surface area contributed by atoms with Gasteiger partial charge in [0.2, 0.25) is 5.91 Å². The van der Waals surface area contributed by atoms with Crippen LogP contribution in [-0.4, -0.2) is 72.7 Å². The number of thiol groups is 1. The third kappa shape index (κ3) is 8.22. The summed E-state index contributed by atoms with van der Waals surface area (Å²) >= 11 is 3.75. The molecule has 3 N–H and O–H groups in total. The average Bonchev–Trinajstić information content (AvgIpc) is 2.46. The van der Waals surface area contributed by atoms with Crippen LogP contribution in [0, 0.1) is 0 Å². The van der Waals surface area contributed by atoms with Crippen LogP contribution in [0.15, 0.2) is 0 Å². The van der Waals surface area contributed by atoms with Gasteiger partial charge in [0.05, 0.1) is 18.9 Å². The lowest BCUT2D eigenvalue weighted by molar-refractivity contribution is -0.203. The average molecular weight is 325 g/mol. The fraction of sp³-hybridized carbons (Fsp3) is 0.833. The Labute approximate surface area is 129 Å². The predicted octanol–water partition coefficient (Wildman–Crippen LogP) is -1.31. The molecule has 0 aromatic rings. The molecule has 8 nitrogen and oxygen atoms in total. The van der Waals surface area contributed by atoms with Gasteiger partial charge in [0.1, 0.15) is 18.3 Å². The Kier molecular flexibility index (Phi) is 10.4. The molecule has 0 radical (unpaired) electrons. The third-order valence-corrected chi connectivity index (χ3v) is 2.85. The van der Waals surface area contributed by atoms with Crippen molar-refractivity contribution in [2.45, 2.75) is 38.4 Å². The van der Waals surface area contributed by atoms with Crippen molar-refractivity contribution in [2.75, 3.05) is 26.0 Å². The topological polar surface area (TPSA) is 114 Å². The molecular formula is C12H23NO7S. The molecule has 9 heteroatoms. The highest BCUT2D eigenvalue weighted by molar-refractivity contribution is 7.81. The molecule has 0 rings (SSSR count). The minimum atomic E-state index is -1.26. The molecule has 0 spiro atoms. The number of methoxy groups -OCH3 is 1. The molecule has 21 heavy (non-hydrogen) atoms. The Bertz CT molecular complexity index is 329. The summed E-state index contributed by atoms with van der Waals surface area (Å²) in [5, 5.41) is 21.8. The van der Waals surface area contributed by atoms with Crippen LogP contribution < -0.4 is 5.32 Å². The zero-order valence-electron chi connectivity index (χ0n) is 12.3. The standard InChI is InChI=1S/C12H23NO7S/c1-7(19-10(16)6-21)12(17)9(5-14)20-11(18-3)4-13-8(2)15/h7,9,11-12,14,17,21H,4-6H2,1-3H3,(H,13,15). The normalized spacial score (nSPS) is 16.7. The Morgan fingerprint density at radius 1 is 1.38 bits per heavy atom. The number of esters is 1. The van der Waals surface area contributed by atoms with Crippen LogP contribution in [0.25, 0.3) is 0 Å². The van der Waals surface area contributed by atoms with Gasteiger partial charge in [-0.1, -0.05) is 0 Å². The van der Waals surface area contributed by atoms with Crippen LogP contribution in [-0.2, 0) is 23.8 Å². The van der Waals surface area contributed by atoms with Gasteiger partial charge in [-0.2, -0.15) is 12.6 Å². The van der Waals surface area contributed by atoms with E-state index in [0.29, 0.717) is 0 Å². The van der Waals surface area contributed by atoms with Gasteiger partial charge in [-0.15, -0.1) is 0 Å². The summed E-state index contributed by atoms with van der Waals surface area (Å²) in [6, 6.07) is 0. The van der Waals surface area contributed by atoms with Crippen LogP contribution in [0.3, 0.4) is 0 Å². The second kappa shape index (κ2) is 10.8. The molecule has 4 unspecified atom stereocenters. The van der Waals surface area contributed by atoms with Crippen molar-refractivity contribution in [2.24, 2.45) is 0 Å². The van der Waals surface area contributed by atoms with Gasteiger partial charge in [-0.25, -0.2) is 0 Å². The van der Waals surface area contributed by atoms with E-state index in [4.69, 9.17) is 14.2 Å². The van der Waals surface area contributed by atoms with Crippen LogP contribution in [0.5, 0.6) is 0 Å². The fourth-order valence-corrected chi connectivity index (χ4v) is 1.53. The molecule has 0 saturated heterocycles. The molecule has 0 aromatic heterocycles. The van der Waals surface area contributed by atoms with E-state index < -0.39 is 37.2 Å². The molecule has 0 bridgehead atoms. The lowest BCUT2D eigenvalue weighted by Gasteiger charge is -2.29. The molecule has 4 atom stereocenters. The second-order valence-corrected chi connectivity index (χ2v) is 4.62. The number of nitrogens with one attached hydrogen (secondary N) is 1. The Morgan fingerprint density at radius 2 is 2.00 bits per heavy atom. The summed E-state index contributed by atoms with van der Waals surface area (Å²) in [5.41, 5.74) is 0. The summed E-state index contributed by atoms with van der Waals surface area (Å²) < 4.78 is 15.2. The summed E-state index contributed by atoms with van der Waals surface area (Å²) in [6.07, 6.45) is -4.03. The number of ether oxygens (including phenoxy) is 3. The van der Waals surface area contributed by atoms with E-state index in [1.165, 1.54) is 21.0 Å². The number of hydrogen-bond donors (Lipinski definition) is 4. The maximum absolute atomic E-state index is 11.1. The van der Waals surface area contributed by atoms with E-state index in [-0.39, 0.29) is 18.2 Å². The summed E-state index contributed by atoms with van der Waals surface area (Å²) in [7, 11) is 1.36. The van der Waals surface area contributed by atoms with Gasteiger partial charge in [-0.3, -0.25) is 9.59 Å². The number of aliphatic hydroxyl groups is 2. The molecule has 0 aliphatic heterocycles. The van der Waals surface area contributed by atoms with Crippen molar-refractivity contribution in [3.63, 3.8) is 0 Å². The van der Waals surface area contributed by atoms with Gasteiger partial charge in [0.25, 0.3) is 0 Å². The van der Waals surface area contributed by atoms with Crippen molar-refractivity contribution in [1.82, 2.24) is 5.32 Å². The highest BCUT2D eigenvalue weighted by Gasteiger charge is 2.30. The van der Waals surface area contributed by atoms with Crippen molar-refractivity contribution >= 4 is 24.5 Å². The first kappa shape index (κ1) is 20.1. The molecule has 0 fully saturated rings. The van der Waals surface area contributed by atoms with Crippen molar-refractivity contribution in [3.05, 3.63) is 0 Å². The highest BCUT2D eigenvalue weighted by atomic mass is 32.1. The molecule has 0 aromatic carbocycles. The van der Waals surface area contributed by atoms with E-state index in [9.17, 15) is 19.8 Å². The smallest absolute Gasteiger partial charge is 0.315 e. The molecule has 1 amide bonds. The summed E-state index contributed by atoms with van der Waals surface area (Å²) in [6.45, 7) is 2.35. The van der Waals surface area contributed by atoms with E-state index in [1.54, 1.807) is 0 Å². The van der Waals surface area contributed by atoms with Gasteiger partial charge in [-0.05, 0) is 6.92 Å². The Balaban J connectivity index is 4.51. The van der Waals surface area contributed by atoms with E-state index in [1.807, 2.05) is 0 Å². The van der Waals surface area contributed by atoms with E-state index in [2.05, 4.69) is 17.9 Å². The minimum Gasteiger partial charge on any atom is -0.459 e. The zero-order chi connectivity index (χ0) is 16.4. The van der Waals surface area contributed by atoms with Crippen molar-refractivity contribution in [3.8, 4) is 0 Å². The molecule has 0 aliphatic carbocycles. The first-order valence-electron chi connectivity index (χ1n) is 6.37. The number of aliphatic hydroxyl groups excluding tert-OH is 2. The largest absolute Gasteiger partial charge is 0.459 e. The van der Waals surface area contributed by atoms with Crippen molar-refractivity contribution in [1.29, 1.82) is 0 Å². The van der Waals surface area contributed by atoms with Crippen LogP contribution >= 0.6 is 12.6 Å². The Morgan fingerprint density at radius 3 is 2.43 bits per heavy atom. The summed E-state index contributed by atoms with van der Waals surface area (Å²) in [4.78, 5) is 21.9. The molecule has 0 aliphatic rings.